The third kappa shape index (κ3) is 5.46. The Morgan fingerprint density at radius 2 is 1.96 bits per heavy atom. The summed E-state index contributed by atoms with van der Waals surface area (Å²) in [5, 5.41) is 15.2. The predicted molar refractivity (Wildman–Crippen MR) is 115 cm³/mol. The summed E-state index contributed by atoms with van der Waals surface area (Å²) >= 11 is 2.80. The van der Waals surface area contributed by atoms with Crippen molar-refractivity contribution in [3.8, 4) is 5.75 Å². The van der Waals surface area contributed by atoms with Crippen LogP contribution in [-0.4, -0.2) is 29.0 Å². The molecule has 8 heteroatoms. The number of nitrogens with one attached hydrogen (secondary N) is 2. The van der Waals surface area contributed by atoms with Gasteiger partial charge in [-0.05, 0) is 43.2 Å². The van der Waals surface area contributed by atoms with Crippen molar-refractivity contribution in [2.45, 2.75) is 24.7 Å². The molecule has 0 bridgehead atoms. The number of nitrogens with zero attached hydrogens (tertiary/aromatic N) is 2. The van der Waals surface area contributed by atoms with Crippen LogP contribution in [0.3, 0.4) is 0 Å². The zero-order valence-electron chi connectivity index (χ0n) is 16.0. The number of benzene rings is 2. The first-order valence-corrected chi connectivity index (χ1v) is 10.5. The van der Waals surface area contributed by atoms with Crippen molar-refractivity contribution in [3.63, 3.8) is 0 Å². The van der Waals surface area contributed by atoms with Gasteiger partial charge in [0.25, 0.3) is 0 Å². The number of para-hydroxylation sites is 1. The molecule has 0 saturated carbocycles. The predicted octanol–water partition coefficient (Wildman–Crippen LogP) is 4.32. The van der Waals surface area contributed by atoms with Gasteiger partial charge in [-0.2, -0.15) is 0 Å². The van der Waals surface area contributed by atoms with E-state index in [4.69, 9.17) is 4.74 Å². The zero-order valence-corrected chi connectivity index (χ0v) is 17.6. The molecule has 0 radical (unpaired) electrons. The van der Waals surface area contributed by atoms with Crippen molar-refractivity contribution < 1.29 is 9.53 Å². The number of carbonyl (C=O) groups is 1. The van der Waals surface area contributed by atoms with Crippen LogP contribution in [-0.2, 0) is 11.3 Å². The maximum Gasteiger partial charge on any atom is 0.230 e. The first-order valence-electron chi connectivity index (χ1n) is 8.74. The number of aromatic nitrogens is 2. The smallest absolute Gasteiger partial charge is 0.230 e. The number of hydrogen-bond donors (Lipinski definition) is 2. The molecule has 0 spiro atoms. The molecule has 3 rings (SSSR count). The van der Waals surface area contributed by atoms with Crippen molar-refractivity contribution in [2.24, 2.45) is 0 Å². The molecule has 0 aliphatic heterocycles. The van der Waals surface area contributed by atoms with Crippen LogP contribution in [0.5, 0.6) is 5.75 Å². The zero-order chi connectivity index (χ0) is 19.9. The Bertz CT molecular complexity index is 959. The quantitative estimate of drug-likeness (QED) is 0.535. The number of thioether (sulfide) groups is 1. The number of aryl methyl sites for hydroxylation is 2. The Hall–Kier alpha value is -2.58. The van der Waals surface area contributed by atoms with E-state index in [0.29, 0.717) is 11.7 Å². The van der Waals surface area contributed by atoms with Crippen LogP contribution in [0.15, 0.2) is 46.8 Å². The van der Waals surface area contributed by atoms with Gasteiger partial charge in [0.1, 0.15) is 5.75 Å². The molecule has 0 aliphatic carbocycles. The Balaban J connectivity index is 1.48. The Morgan fingerprint density at radius 1 is 1.14 bits per heavy atom. The number of methoxy groups -OCH3 is 1. The number of anilines is 2. The van der Waals surface area contributed by atoms with Gasteiger partial charge in [-0.25, -0.2) is 0 Å². The monoisotopic (exact) mass is 414 g/mol. The fraction of sp³-hybridized carbons (Fsp3) is 0.250. The molecule has 3 aromatic rings. The lowest BCUT2D eigenvalue weighted by molar-refractivity contribution is -0.118. The maximum absolute atomic E-state index is 12.1. The highest BCUT2D eigenvalue weighted by atomic mass is 32.2. The van der Waals surface area contributed by atoms with Gasteiger partial charge in [-0.15, -0.1) is 10.2 Å². The summed E-state index contributed by atoms with van der Waals surface area (Å²) in [6.45, 7) is 4.59. The minimum atomic E-state index is -0.0604. The highest BCUT2D eigenvalue weighted by molar-refractivity contribution is 8.01. The third-order valence-electron chi connectivity index (χ3n) is 4.16. The van der Waals surface area contributed by atoms with E-state index in [0.717, 1.165) is 21.3 Å². The van der Waals surface area contributed by atoms with Crippen molar-refractivity contribution in [3.05, 3.63) is 59.2 Å². The molecular formula is C20H22N4O2S2. The van der Waals surface area contributed by atoms with Gasteiger partial charge in [0.2, 0.25) is 11.0 Å². The lowest BCUT2D eigenvalue weighted by atomic mass is 10.1. The normalized spacial score (nSPS) is 10.5. The van der Waals surface area contributed by atoms with Gasteiger partial charge >= 0.3 is 0 Å². The average molecular weight is 415 g/mol. The molecule has 2 aromatic carbocycles. The maximum atomic E-state index is 12.1. The fourth-order valence-corrected chi connectivity index (χ4v) is 4.08. The van der Waals surface area contributed by atoms with Gasteiger partial charge in [-0.3, -0.25) is 4.79 Å². The van der Waals surface area contributed by atoms with Crippen LogP contribution in [0.25, 0.3) is 0 Å². The van der Waals surface area contributed by atoms with Crippen LogP contribution in [0.2, 0.25) is 0 Å². The molecular weight excluding hydrogens is 392 g/mol. The van der Waals surface area contributed by atoms with E-state index >= 15 is 0 Å². The van der Waals surface area contributed by atoms with E-state index in [1.165, 1.54) is 34.2 Å². The van der Waals surface area contributed by atoms with Gasteiger partial charge in [-0.1, -0.05) is 47.4 Å². The van der Waals surface area contributed by atoms with E-state index < -0.39 is 0 Å². The molecule has 28 heavy (non-hydrogen) atoms. The van der Waals surface area contributed by atoms with Gasteiger partial charge in [0.15, 0.2) is 4.34 Å². The molecule has 2 N–H and O–H groups in total. The Labute approximate surface area is 172 Å². The summed E-state index contributed by atoms with van der Waals surface area (Å²) < 4.78 is 6.04. The first kappa shape index (κ1) is 20.2. The highest BCUT2D eigenvalue weighted by Crippen LogP contribution is 2.28. The van der Waals surface area contributed by atoms with E-state index in [1.807, 2.05) is 30.3 Å². The Kier molecular flexibility index (Phi) is 6.89. The average Bonchev–Trinajstić information content (AvgIpc) is 3.15. The van der Waals surface area contributed by atoms with Crippen LogP contribution >= 0.6 is 23.1 Å². The molecule has 6 nitrogen and oxygen atoms in total. The Morgan fingerprint density at radius 3 is 2.75 bits per heavy atom. The fourth-order valence-electron chi connectivity index (χ4n) is 2.48. The standard InChI is InChI=1S/C20H22N4O2S2/c1-13-8-9-16(10-14(13)2)22-19-23-24-20(28-19)27-12-18(25)21-11-15-6-4-5-7-17(15)26-3/h4-10H,11-12H2,1-3H3,(H,21,25)(H,22,23). The molecule has 0 saturated heterocycles. The first-order chi connectivity index (χ1) is 13.5. The summed E-state index contributed by atoms with van der Waals surface area (Å²) in [4.78, 5) is 12.1. The van der Waals surface area contributed by atoms with Crippen molar-refractivity contribution in [1.82, 2.24) is 15.5 Å². The molecule has 0 unspecified atom stereocenters. The van der Waals surface area contributed by atoms with Crippen LogP contribution in [0.1, 0.15) is 16.7 Å². The summed E-state index contributed by atoms with van der Waals surface area (Å²) in [6, 6.07) is 13.8. The SMILES string of the molecule is COc1ccccc1CNC(=O)CSc1nnc(Nc2ccc(C)c(C)c2)s1. The number of amides is 1. The second kappa shape index (κ2) is 9.57. The van der Waals surface area contributed by atoms with E-state index in [9.17, 15) is 4.79 Å². The van der Waals surface area contributed by atoms with Crippen molar-refractivity contribution in [2.75, 3.05) is 18.2 Å². The number of rotatable bonds is 8. The minimum absolute atomic E-state index is 0.0604. The largest absolute Gasteiger partial charge is 0.496 e. The van der Waals surface area contributed by atoms with Crippen molar-refractivity contribution in [1.29, 1.82) is 0 Å². The molecule has 1 aromatic heterocycles. The topological polar surface area (TPSA) is 76.1 Å². The van der Waals surface area contributed by atoms with E-state index in [-0.39, 0.29) is 11.7 Å². The molecule has 0 atom stereocenters. The lowest BCUT2D eigenvalue weighted by Gasteiger charge is -2.09. The summed E-state index contributed by atoms with van der Waals surface area (Å²) in [5.74, 6) is 0.990. The molecule has 0 fully saturated rings. The number of hydrogen-bond acceptors (Lipinski definition) is 7. The molecule has 1 amide bonds. The van der Waals surface area contributed by atoms with Gasteiger partial charge in [0.05, 0.1) is 12.9 Å². The second-order valence-electron chi connectivity index (χ2n) is 6.17. The summed E-state index contributed by atoms with van der Waals surface area (Å²) in [7, 11) is 1.62. The number of carbonyl (C=O) groups excluding carboxylic acids is 1. The highest BCUT2D eigenvalue weighted by Gasteiger charge is 2.10. The van der Waals surface area contributed by atoms with E-state index in [2.05, 4.69) is 46.8 Å². The third-order valence-corrected chi connectivity index (χ3v) is 6.13. The van der Waals surface area contributed by atoms with Crippen LogP contribution in [0.4, 0.5) is 10.8 Å². The molecule has 0 aliphatic rings. The summed E-state index contributed by atoms with van der Waals surface area (Å²) in [6.07, 6.45) is 0. The molecule has 1 heterocycles. The lowest BCUT2D eigenvalue weighted by Crippen LogP contribution is -2.24. The molecule has 146 valence electrons. The van der Waals surface area contributed by atoms with E-state index in [1.54, 1.807) is 7.11 Å². The van der Waals surface area contributed by atoms with Gasteiger partial charge < -0.3 is 15.4 Å². The van der Waals surface area contributed by atoms with Crippen molar-refractivity contribution >= 4 is 39.8 Å². The van der Waals surface area contributed by atoms with Gasteiger partial charge in [0, 0.05) is 17.8 Å². The van der Waals surface area contributed by atoms with Crippen LogP contribution < -0.4 is 15.4 Å². The summed E-state index contributed by atoms with van der Waals surface area (Å²) in [5.41, 5.74) is 4.39. The van der Waals surface area contributed by atoms with Crippen LogP contribution in [0, 0.1) is 13.8 Å². The minimum Gasteiger partial charge on any atom is -0.496 e. The second-order valence-corrected chi connectivity index (χ2v) is 8.37. The number of ether oxygens (including phenoxy) is 1.